The molecule has 3 nitrogen and oxygen atoms in total. The van der Waals surface area contributed by atoms with Crippen LogP contribution in [0.3, 0.4) is 0 Å². The lowest BCUT2D eigenvalue weighted by molar-refractivity contribution is 0.650. The summed E-state index contributed by atoms with van der Waals surface area (Å²) in [7, 11) is 0. The number of benzene rings is 4. The SMILES string of the molecule is Cc1cc2ncn(N3C(c4ccccc4)=CC(c4ccccc4)=CC3c3ccccc3)c2cc1C. The fourth-order valence-electron chi connectivity index (χ4n) is 4.85. The lowest BCUT2D eigenvalue weighted by Gasteiger charge is -2.38. The van der Waals surface area contributed by atoms with E-state index in [-0.39, 0.29) is 6.04 Å². The molecule has 0 fully saturated rings. The molecule has 2 heterocycles. The Hall–Kier alpha value is -4.37. The number of hydrogen-bond acceptors (Lipinski definition) is 2. The summed E-state index contributed by atoms with van der Waals surface area (Å²) in [6.45, 7) is 4.31. The first-order chi connectivity index (χ1) is 17.2. The standard InChI is InChI=1S/C32H27N3/c1-23-18-29-32(19-24(23)2)34(22-33-29)35-30(26-14-8-4-9-15-26)20-28(25-12-6-3-7-13-25)21-31(35)27-16-10-5-11-17-27/h3-22,30H,1-2H3. The van der Waals surface area contributed by atoms with E-state index >= 15 is 0 Å². The van der Waals surface area contributed by atoms with Gasteiger partial charge in [-0.1, -0.05) is 91.0 Å². The normalized spacial score (nSPS) is 15.7. The molecular weight excluding hydrogens is 426 g/mol. The molecule has 0 bridgehead atoms. The van der Waals surface area contributed by atoms with Crippen molar-refractivity contribution in [3.05, 3.63) is 149 Å². The predicted molar refractivity (Wildman–Crippen MR) is 145 cm³/mol. The molecule has 4 aromatic carbocycles. The molecule has 0 spiro atoms. The zero-order chi connectivity index (χ0) is 23.8. The Balaban J connectivity index is 1.62. The Morgan fingerprint density at radius 1 is 0.686 bits per heavy atom. The van der Waals surface area contributed by atoms with Gasteiger partial charge in [-0.15, -0.1) is 0 Å². The molecule has 35 heavy (non-hydrogen) atoms. The van der Waals surface area contributed by atoms with Crippen LogP contribution in [0.25, 0.3) is 22.3 Å². The van der Waals surface area contributed by atoms with Crippen molar-refractivity contribution in [2.24, 2.45) is 0 Å². The van der Waals surface area contributed by atoms with Gasteiger partial charge in [0.2, 0.25) is 0 Å². The van der Waals surface area contributed by atoms with Crippen LogP contribution in [-0.4, -0.2) is 9.66 Å². The van der Waals surface area contributed by atoms with E-state index in [0.717, 1.165) is 16.7 Å². The third kappa shape index (κ3) is 3.85. The van der Waals surface area contributed by atoms with E-state index in [1.54, 1.807) is 0 Å². The number of aryl methyl sites for hydroxylation is 2. The Labute approximate surface area is 206 Å². The minimum atomic E-state index is -0.00868. The van der Waals surface area contributed by atoms with Gasteiger partial charge in [0.25, 0.3) is 0 Å². The third-order valence-electron chi connectivity index (χ3n) is 6.83. The minimum absolute atomic E-state index is 0.00868. The van der Waals surface area contributed by atoms with Gasteiger partial charge in [0.1, 0.15) is 6.33 Å². The Morgan fingerprint density at radius 2 is 1.29 bits per heavy atom. The van der Waals surface area contributed by atoms with Crippen LogP contribution in [0.2, 0.25) is 0 Å². The van der Waals surface area contributed by atoms with Gasteiger partial charge >= 0.3 is 0 Å². The summed E-state index contributed by atoms with van der Waals surface area (Å²) in [4.78, 5) is 4.80. The molecule has 0 aliphatic carbocycles. The number of fused-ring (bicyclic) bond motifs is 1. The topological polar surface area (TPSA) is 21.1 Å². The first-order valence-electron chi connectivity index (χ1n) is 12.0. The largest absolute Gasteiger partial charge is 0.268 e. The maximum absolute atomic E-state index is 4.80. The van der Waals surface area contributed by atoms with E-state index in [1.165, 1.54) is 33.4 Å². The van der Waals surface area contributed by atoms with E-state index in [1.807, 2.05) is 6.33 Å². The van der Waals surface area contributed by atoms with Crippen molar-refractivity contribution < 1.29 is 0 Å². The molecule has 5 aromatic rings. The average molecular weight is 454 g/mol. The van der Waals surface area contributed by atoms with Crippen molar-refractivity contribution in [2.75, 3.05) is 5.01 Å². The highest BCUT2D eigenvalue weighted by Crippen LogP contribution is 2.39. The molecule has 0 saturated heterocycles. The van der Waals surface area contributed by atoms with Crippen molar-refractivity contribution in [3.8, 4) is 0 Å². The molecule has 0 N–H and O–H groups in total. The van der Waals surface area contributed by atoms with Gasteiger partial charge < -0.3 is 0 Å². The van der Waals surface area contributed by atoms with E-state index in [4.69, 9.17) is 4.98 Å². The Morgan fingerprint density at radius 3 is 1.97 bits per heavy atom. The van der Waals surface area contributed by atoms with Crippen molar-refractivity contribution >= 4 is 22.3 Å². The number of imidazole rings is 1. The number of rotatable bonds is 4. The monoisotopic (exact) mass is 453 g/mol. The van der Waals surface area contributed by atoms with Crippen LogP contribution in [0.15, 0.2) is 122 Å². The van der Waals surface area contributed by atoms with Crippen LogP contribution >= 0.6 is 0 Å². The smallest absolute Gasteiger partial charge is 0.116 e. The molecule has 0 amide bonds. The van der Waals surface area contributed by atoms with Gasteiger partial charge in [-0.25, -0.2) is 9.66 Å². The van der Waals surface area contributed by atoms with Crippen molar-refractivity contribution in [1.82, 2.24) is 9.66 Å². The maximum Gasteiger partial charge on any atom is 0.116 e. The second kappa shape index (κ2) is 8.77. The lowest BCUT2D eigenvalue weighted by atomic mass is 9.92. The van der Waals surface area contributed by atoms with Gasteiger partial charge in [0, 0.05) is 0 Å². The maximum atomic E-state index is 4.80. The van der Waals surface area contributed by atoms with Crippen LogP contribution < -0.4 is 5.01 Å². The molecule has 0 radical (unpaired) electrons. The minimum Gasteiger partial charge on any atom is -0.268 e. The second-order valence-corrected chi connectivity index (χ2v) is 9.10. The molecule has 1 aromatic heterocycles. The van der Waals surface area contributed by atoms with Crippen molar-refractivity contribution in [2.45, 2.75) is 19.9 Å². The first-order valence-corrected chi connectivity index (χ1v) is 12.0. The van der Waals surface area contributed by atoms with E-state index in [2.05, 4.69) is 139 Å². The first kappa shape index (κ1) is 21.2. The zero-order valence-electron chi connectivity index (χ0n) is 20.0. The highest BCUT2D eigenvalue weighted by Gasteiger charge is 2.29. The van der Waals surface area contributed by atoms with Gasteiger partial charge in [0.05, 0.1) is 22.8 Å². The van der Waals surface area contributed by atoms with Crippen LogP contribution in [0, 0.1) is 13.8 Å². The third-order valence-corrected chi connectivity index (χ3v) is 6.83. The van der Waals surface area contributed by atoms with Crippen molar-refractivity contribution in [3.63, 3.8) is 0 Å². The van der Waals surface area contributed by atoms with Crippen LogP contribution in [0.1, 0.15) is 33.9 Å². The zero-order valence-corrected chi connectivity index (χ0v) is 20.0. The average Bonchev–Trinajstić information content (AvgIpc) is 3.31. The van der Waals surface area contributed by atoms with Gasteiger partial charge in [-0.2, -0.15) is 0 Å². The summed E-state index contributed by atoms with van der Waals surface area (Å²) in [6.07, 6.45) is 6.62. The summed E-state index contributed by atoms with van der Waals surface area (Å²) in [5, 5.41) is 2.38. The highest BCUT2D eigenvalue weighted by atomic mass is 15.6. The van der Waals surface area contributed by atoms with Crippen molar-refractivity contribution in [1.29, 1.82) is 0 Å². The molecule has 1 aliphatic rings. The fourth-order valence-corrected chi connectivity index (χ4v) is 4.85. The molecule has 1 atom stereocenters. The summed E-state index contributed by atoms with van der Waals surface area (Å²) < 4.78 is 2.22. The van der Waals surface area contributed by atoms with E-state index < -0.39 is 0 Å². The number of aromatic nitrogens is 2. The molecular formula is C32H27N3. The lowest BCUT2D eigenvalue weighted by Crippen LogP contribution is -2.37. The number of nitrogens with zero attached hydrogens (tertiary/aromatic N) is 3. The second-order valence-electron chi connectivity index (χ2n) is 9.10. The van der Waals surface area contributed by atoms with E-state index in [9.17, 15) is 0 Å². The van der Waals surface area contributed by atoms with Gasteiger partial charge in [0.15, 0.2) is 0 Å². The van der Waals surface area contributed by atoms with Crippen LogP contribution in [0.4, 0.5) is 0 Å². The quantitative estimate of drug-likeness (QED) is 0.281. The molecule has 6 rings (SSSR count). The van der Waals surface area contributed by atoms with Gasteiger partial charge in [-0.05, 0) is 71.5 Å². The highest BCUT2D eigenvalue weighted by molar-refractivity contribution is 5.91. The summed E-state index contributed by atoms with van der Waals surface area (Å²) >= 11 is 0. The van der Waals surface area contributed by atoms with Crippen LogP contribution in [0.5, 0.6) is 0 Å². The predicted octanol–water partition coefficient (Wildman–Crippen LogP) is 7.47. The molecule has 1 aliphatic heterocycles. The summed E-state index contributed by atoms with van der Waals surface area (Å²) in [5.41, 5.74) is 10.6. The van der Waals surface area contributed by atoms with E-state index in [0.29, 0.717) is 0 Å². The molecule has 3 heteroatoms. The molecule has 170 valence electrons. The fraction of sp³-hybridized carbons (Fsp3) is 0.0938. The Kier molecular flexibility index (Phi) is 5.31. The molecule has 0 saturated carbocycles. The summed E-state index contributed by atoms with van der Waals surface area (Å²) in [5.74, 6) is 0. The molecule has 1 unspecified atom stereocenters. The Bertz CT molecular complexity index is 1540. The number of hydrogen-bond donors (Lipinski definition) is 0. The van der Waals surface area contributed by atoms with Crippen LogP contribution in [-0.2, 0) is 0 Å². The summed E-state index contributed by atoms with van der Waals surface area (Å²) in [6, 6.07) is 36.4. The van der Waals surface area contributed by atoms with Gasteiger partial charge in [-0.3, -0.25) is 5.01 Å². The number of allylic oxidation sites excluding steroid dienone is 2.